The molecule has 3 heterocycles. The lowest BCUT2D eigenvalue weighted by atomic mass is 9.50. The fraction of sp³-hybridized carbons (Fsp3) is 0.263. The SMILES string of the molecule is Cc1ccc(N2C(=O)C3CC=C4C(CC5C(=O)N(Nc6ccc(F)cc6)C(=O)C5(c5ccc(Cl)cc5)C4c4ccc(CO)o4)C3C2=O)cc1Cl. The zero-order valence-electron chi connectivity index (χ0n) is 26.6. The Balaban J connectivity index is 1.30. The second-order valence-corrected chi connectivity index (χ2v) is 14.1. The number of amides is 4. The number of aliphatic hydroxyl groups excluding tert-OH is 1. The number of hydrazine groups is 1. The third-order valence-electron chi connectivity index (χ3n) is 10.8. The minimum Gasteiger partial charge on any atom is -0.463 e. The lowest BCUT2D eigenvalue weighted by molar-refractivity contribution is -0.138. The van der Waals surface area contributed by atoms with Gasteiger partial charge in [-0.2, -0.15) is 5.01 Å². The third-order valence-corrected chi connectivity index (χ3v) is 11.5. The van der Waals surface area contributed by atoms with Crippen LogP contribution in [0.1, 0.15) is 41.4 Å². The molecule has 6 atom stereocenters. The molecule has 254 valence electrons. The standard InChI is InChI=1S/C38H30Cl2FN3O6/c1-19-2-11-24(16-30(19)40)43-34(46)27-14-13-26-28(32(27)36(43)48)17-29-35(47)44(42-23-9-7-22(41)8-10-23)37(49)38(29,20-3-5-21(39)6-4-20)33(26)31-15-12-25(18-45)50-31/h2-13,15-16,27-29,32-33,42,45H,14,17-18H2,1H3. The number of benzene rings is 3. The van der Waals surface area contributed by atoms with Crippen LogP contribution in [0.4, 0.5) is 15.8 Å². The number of anilines is 2. The van der Waals surface area contributed by atoms with Crippen LogP contribution < -0.4 is 10.3 Å². The molecule has 8 rings (SSSR count). The van der Waals surface area contributed by atoms with Gasteiger partial charge in [0.2, 0.25) is 11.8 Å². The molecule has 12 heteroatoms. The van der Waals surface area contributed by atoms with E-state index < -0.39 is 65.2 Å². The van der Waals surface area contributed by atoms with E-state index in [1.807, 2.05) is 13.0 Å². The van der Waals surface area contributed by atoms with Crippen molar-refractivity contribution in [3.05, 3.63) is 129 Å². The van der Waals surface area contributed by atoms with Crippen molar-refractivity contribution < 1.29 is 33.1 Å². The molecule has 4 amide bonds. The number of hydrogen-bond acceptors (Lipinski definition) is 7. The van der Waals surface area contributed by atoms with Crippen LogP contribution in [0.25, 0.3) is 0 Å². The maximum atomic E-state index is 15.1. The number of aliphatic hydroxyl groups is 1. The molecule has 2 saturated heterocycles. The Kier molecular flexibility index (Phi) is 7.74. The van der Waals surface area contributed by atoms with Gasteiger partial charge >= 0.3 is 0 Å². The van der Waals surface area contributed by atoms with Crippen LogP contribution >= 0.6 is 23.2 Å². The van der Waals surface area contributed by atoms with E-state index in [9.17, 15) is 23.9 Å². The van der Waals surface area contributed by atoms with Gasteiger partial charge < -0.3 is 9.52 Å². The molecule has 3 aromatic carbocycles. The van der Waals surface area contributed by atoms with E-state index in [-0.39, 0.29) is 24.5 Å². The van der Waals surface area contributed by atoms with Gasteiger partial charge in [0, 0.05) is 10.0 Å². The van der Waals surface area contributed by atoms with Crippen LogP contribution in [0.15, 0.2) is 94.9 Å². The van der Waals surface area contributed by atoms with Gasteiger partial charge in [-0.1, -0.05) is 53.1 Å². The van der Waals surface area contributed by atoms with Gasteiger partial charge in [-0.25, -0.2) is 9.29 Å². The lowest BCUT2D eigenvalue weighted by Gasteiger charge is -2.49. The van der Waals surface area contributed by atoms with Crippen molar-refractivity contribution in [2.75, 3.05) is 10.3 Å². The van der Waals surface area contributed by atoms with E-state index in [2.05, 4.69) is 5.43 Å². The van der Waals surface area contributed by atoms with E-state index in [0.717, 1.165) is 10.6 Å². The number of aryl methyl sites for hydroxylation is 1. The molecule has 4 aliphatic rings. The maximum absolute atomic E-state index is 15.1. The van der Waals surface area contributed by atoms with Crippen molar-refractivity contribution in [1.82, 2.24) is 5.01 Å². The quantitative estimate of drug-likeness (QED) is 0.168. The molecule has 1 aromatic heterocycles. The zero-order chi connectivity index (χ0) is 35.1. The highest BCUT2D eigenvalue weighted by Gasteiger charge is 2.71. The van der Waals surface area contributed by atoms with Crippen LogP contribution in [-0.4, -0.2) is 33.7 Å². The number of carbonyl (C=O) groups is 4. The van der Waals surface area contributed by atoms with E-state index >= 15 is 4.79 Å². The number of hydrogen-bond donors (Lipinski definition) is 2. The Morgan fingerprint density at radius 3 is 2.34 bits per heavy atom. The maximum Gasteiger partial charge on any atom is 0.260 e. The zero-order valence-corrected chi connectivity index (χ0v) is 28.1. The number of imide groups is 2. The van der Waals surface area contributed by atoms with Gasteiger partial charge in [0.15, 0.2) is 0 Å². The summed E-state index contributed by atoms with van der Waals surface area (Å²) in [5.41, 5.74) is 4.02. The van der Waals surface area contributed by atoms with Gasteiger partial charge in [-0.3, -0.25) is 24.6 Å². The Morgan fingerprint density at radius 2 is 1.66 bits per heavy atom. The molecule has 4 aromatic rings. The predicted molar refractivity (Wildman–Crippen MR) is 182 cm³/mol. The van der Waals surface area contributed by atoms with E-state index in [1.54, 1.807) is 54.6 Å². The normalized spacial score (nSPS) is 27.3. The van der Waals surface area contributed by atoms with E-state index in [4.69, 9.17) is 27.6 Å². The van der Waals surface area contributed by atoms with Crippen molar-refractivity contribution in [3.8, 4) is 0 Å². The van der Waals surface area contributed by atoms with Crippen LogP contribution in [0.5, 0.6) is 0 Å². The van der Waals surface area contributed by atoms with Crippen molar-refractivity contribution >= 4 is 58.2 Å². The molecule has 0 bridgehead atoms. The Bertz CT molecular complexity index is 2120. The number of fused-ring (bicyclic) bond motifs is 4. The number of rotatable bonds is 6. The number of carbonyl (C=O) groups excluding carboxylic acids is 4. The molecule has 9 nitrogen and oxygen atoms in total. The summed E-state index contributed by atoms with van der Waals surface area (Å²) in [7, 11) is 0. The molecule has 0 radical (unpaired) electrons. The highest BCUT2D eigenvalue weighted by Crippen LogP contribution is 2.64. The molecule has 2 aliphatic carbocycles. The first kappa shape index (κ1) is 32.4. The van der Waals surface area contributed by atoms with Gasteiger partial charge in [0.1, 0.15) is 29.4 Å². The van der Waals surface area contributed by atoms with Gasteiger partial charge in [-0.15, -0.1) is 0 Å². The summed E-state index contributed by atoms with van der Waals surface area (Å²) in [5.74, 6) is -5.83. The van der Waals surface area contributed by atoms with Crippen LogP contribution in [0, 0.1) is 36.4 Å². The molecule has 2 N–H and O–H groups in total. The topological polar surface area (TPSA) is 120 Å². The summed E-state index contributed by atoms with van der Waals surface area (Å²) in [4.78, 5) is 59.3. The second-order valence-electron chi connectivity index (χ2n) is 13.3. The smallest absolute Gasteiger partial charge is 0.260 e. The predicted octanol–water partition coefficient (Wildman–Crippen LogP) is 6.72. The monoisotopic (exact) mass is 713 g/mol. The number of furan rings is 1. The summed E-state index contributed by atoms with van der Waals surface area (Å²) in [6, 6.07) is 20.3. The molecule has 3 fully saturated rings. The van der Waals surface area contributed by atoms with Crippen LogP contribution in [0.3, 0.4) is 0 Å². The molecule has 0 spiro atoms. The number of nitrogens with zero attached hydrogens (tertiary/aromatic N) is 2. The lowest BCUT2D eigenvalue weighted by Crippen LogP contribution is -2.53. The first-order valence-electron chi connectivity index (χ1n) is 16.2. The summed E-state index contributed by atoms with van der Waals surface area (Å²) in [5, 5.41) is 11.8. The van der Waals surface area contributed by atoms with Crippen LogP contribution in [-0.2, 0) is 31.2 Å². The highest BCUT2D eigenvalue weighted by atomic mass is 35.5. The molecule has 1 saturated carbocycles. The third kappa shape index (κ3) is 4.69. The summed E-state index contributed by atoms with van der Waals surface area (Å²) < 4.78 is 20.0. The fourth-order valence-electron chi connectivity index (χ4n) is 8.57. The number of allylic oxidation sites excluding steroid dienone is 2. The van der Waals surface area contributed by atoms with Crippen molar-refractivity contribution in [2.24, 2.45) is 23.7 Å². The average molecular weight is 715 g/mol. The number of nitrogens with one attached hydrogen (secondary N) is 1. The summed E-state index contributed by atoms with van der Waals surface area (Å²) in [6.45, 7) is 1.43. The highest BCUT2D eigenvalue weighted by molar-refractivity contribution is 6.32. The minimum absolute atomic E-state index is 0.0768. The van der Waals surface area contributed by atoms with Gasteiger partial charge in [0.25, 0.3) is 11.8 Å². The summed E-state index contributed by atoms with van der Waals surface area (Å²) >= 11 is 12.7. The van der Waals surface area contributed by atoms with Crippen molar-refractivity contribution in [1.29, 1.82) is 0 Å². The summed E-state index contributed by atoms with van der Waals surface area (Å²) in [6.07, 6.45) is 2.21. The molecule has 50 heavy (non-hydrogen) atoms. The van der Waals surface area contributed by atoms with Crippen molar-refractivity contribution in [3.63, 3.8) is 0 Å². The Labute approximate surface area is 296 Å². The van der Waals surface area contributed by atoms with Gasteiger partial charge in [-0.05, 0) is 97.5 Å². The molecule has 2 aliphatic heterocycles. The molecular formula is C38H30Cl2FN3O6. The second kappa shape index (κ2) is 11.9. The fourth-order valence-corrected chi connectivity index (χ4v) is 8.87. The number of halogens is 3. The Morgan fingerprint density at radius 1 is 0.920 bits per heavy atom. The van der Waals surface area contributed by atoms with Crippen molar-refractivity contribution in [2.45, 2.75) is 37.7 Å². The first-order chi connectivity index (χ1) is 24.0. The van der Waals surface area contributed by atoms with Crippen LogP contribution in [0.2, 0.25) is 10.0 Å². The van der Waals surface area contributed by atoms with E-state index in [1.165, 1.54) is 29.2 Å². The largest absolute Gasteiger partial charge is 0.463 e. The molecular weight excluding hydrogens is 684 g/mol. The Hall–Kier alpha value is -4.77. The van der Waals surface area contributed by atoms with Gasteiger partial charge in [0.05, 0.1) is 35.0 Å². The molecule has 6 unspecified atom stereocenters. The first-order valence-corrected chi connectivity index (χ1v) is 17.0. The van der Waals surface area contributed by atoms with E-state index in [0.29, 0.717) is 38.3 Å². The average Bonchev–Trinajstić information content (AvgIpc) is 3.75. The minimum atomic E-state index is -1.58.